The molecule has 0 spiro atoms. The molecule has 0 aliphatic rings. The van der Waals surface area contributed by atoms with E-state index in [4.69, 9.17) is 9.47 Å². The van der Waals surface area contributed by atoms with Crippen molar-refractivity contribution in [1.82, 2.24) is 19.6 Å². The number of rotatable bonds is 8. The highest BCUT2D eigenvalue weighted by atomic mass is 16.5. The maximum atomic E-state index is 12.5. The van der Waals surface area contributed by atoms with E-state index in [2.05, 4.69) is 31.8 Å². The molecule has 4 N–H and O–H groups in total. The number of aromatic amines is 1. The van der Waals surface area contributed by atoms with Crippen molar-refractivity contribution in [2.24, 2.45) is 0 Å². The van der Waals surface area contributed by atoms with Crippen LogP contribution in [-0.2, 0) is 18.0 Å². The molecule has 0 saturated carbocycles. The second-order valence-electron chi connectivity index (χ2n) is 8.26. The van der Waals surface area contributed by atoms with Crippen LogP contribution in [-0.4, -0.2) is 30.8 Å². The van der Waals surface area contributed by atoms with Gasteiger partial charge >= 0.3 is 6.09 Å². The molecule has 5 rings (SSSR count). The standard InChI is InChI=1S/C27H23N7O4/c1-17-22(33-27(36)37-15-24-23(14-35)29-16-30-24)13-34-26(17)25(18(11-28)12-31-34)32-19-7-9-21(10-8-19)38-20-5-3-2-4-6-20/h2-10,12-13,16,32,35H,14-15H2,1H3,(H,29,30)(H,33,36). The Morgan fingerprint density at radius 3 is 2.66 bits per heavy atom. The van der Waals surface area contributed by atoms with E-state index in [9.17, 15) is 15.2 Å². The largest absolute Gasteiger partial charge is 0.457 e. The lowest BCUT2D eigenvalue weighted by Gasteiger charge is -2.12. The van der Waals surface area contributed by atoms with E-state index in [1.807, 2.05) is 61.5 Å². The lowest BCUT2D eigenvalue weighted by molar-refractivity contribution is 0.152. The van der Waals surface area contributed by atoms with Crippen LogP contribution in [0.4, 0.5) is 21.9 Å². The zero-order valence-corrected chi connectivity index (χ0v) is 20.3. The van der Waals surface area contributed by atoms with Crippen LogP contribution in [0.2, 0.25) is 0 Å². The normalized spacial score (nSPS) is 10.7. The molecular formula is C27H23N7O4. The first-order valence-corrected chi connectivity index (χ1v) is 11.6. The summed E-state index contributed by atoms with van der Waals surface area (Å²) >= 11 is 0. The number of carbonyl (C=O) groups is 1. The quantitative estimate of drug-likeness (QED) is 0.228. The highest BCUT2D eigenvalue weighted by molar-refractivity contribution is 5.92. The van der Waals surface area contributed by atoms with Crippen LogP contribution < -0.4 is 15.4 Å². The Morgan fingerprint density at radius 2 is 1.92 bits per heavy atom. The van der Waals surface area contributed by atoms with E-state index in [0.29, 0.717) is 45.2 Å². The smallest absolute Gasteiger partial charge is 0.412 e. The van der Waals surface area contributed by atoms with Gasteiger partial charge in [-0.2, -0.15) is 10.4 Å². The number of anilines is 3. The van der Waals surface area contributed by atoms with Crippen molar-refractivity contribution >= 4 is 28.7 Å². The van der Waals surface area contributed by atoms with E-state index in [1.165, 1.54) is 12.5 Å². The van der Waals surface area contributed by atoms with Gasteiger partial charge in [0, 0.05) is 11.3 Å². The second kappa shape index (κ2) is 10.7. The molecular weight excluding hydrogens is 486 g/mol. The van der Waals surface area contributed by atoms with Gasteiger partial charge in [0.1, 0.15) is 24.2 Å². The Morgan fingerprint density at radius 1 is 1.16 bits per heavy atom. The third kappa shape index (κ3) is 5.11. The minimum Gasteiger partial charge on any atom is -0.457 e. The van der Waals surface area contributed by atoms with Crippen molar-refractivity contribution < 1.29 is 19.4 Å². The molecule has 2 aromatic carbocycles. The third-order valence-corrected chi connectivity index (χ3v) is 5.82. The van der Waals surface area contributed by atoms with E-state index in [-0.39, 0.29) is 13.2 Å². The van der Waals surface area contributed by atoms with Crippen LogP contribution in [0.15, 0.2) is 73.3 Å². The molecule has 3 heterocycles. The van der Waals surface area contributed by atoms with Crippen LogP contribution in [0.1, 0.15) is 22.5 Å². The number of hydrogen-bond acceptors (Lipinski definition) is 8. The van der Waals surface area contributed by atoms with Crippen molar-refractivity contribution in [2.75, 3.05) is 10.6 Å². The van der Waals surface area contributed by atoms with Crippen LogP contribution in [0.5, 0.6) is 11.5 Å². The first kappa shape index (κ1) is 24.4. The Balaban J connectivity index is 1.35. The molecule has 0 unspecified atom stereocenters. The first-order valence-electron chi connectivity index (χ1n) is 11.6. The van der Waals surface area contributed by atoms with Crippen LogP contribution >= 0.6 is 0 Å². The second-order valence-corrected chi connectivity index (χ2v) is 8.26. The zero-order chi connectivity index (χ0) is 26.5. The van der Waals surface area contributed by atoms with Crippen LogP contribution in [0.25, 0.3) is 5.52 Å². The molecule has 0 atom stereocenters. The number of aryl methyl sites for hydroxylation is 1. The number of aromatic nitrogens is 4. The Kier molecular flexibility index (Phi) is 6.88. The fraction of sp³-hybridized carbons (Fsp3) is 0.111. The number of nitriles is 1. The Bertz CT molecular complexity index is 1620. The van der Waals surface area contributed by atoms with Gasteiger partial charge in [-0.25, -0.2) is 14.3 Å². The molecule has 38 heavy (non-hydrogen) atoms. The number of benzene rings is 2. The molecule has 11 nitrogen and oxygen atoms in total. The van der Waals surface area contributed by atoms with Crippen molar-refractivity contribution in [1.29, 1.82) is 5.26 Å². The summed E-state index contributed by atoms with van der Waals surface area (Å²) in [5, 5.41) is 29.4. The molecule has 1 amide bonds. The SMILES string of the molecule is Cc1c(NC(=O)OCc2[nH]cnc2CO)cn2ncc(C#N)c(Nc3ccc(Oc4ccccc4)cc3)c12. The highest BCUT2D eigenvalue weighted by Gasteiger charge is 2.18. The number of para-hydroxylation sites is 1. The van der Waals surface area contributed by atoms with Gasteiger partial charge in [-0.05, 0) is 43.3 Å². The number of nitrogens with one attached hydrogen (secondary N) is 3. The summed E-state index contributed by atoms with van der Waals surface area (Å²) in [5.41, 5.74) is 4.33. The number of carbonyl (C=O) groups excluding carboxylic acids is 1. The lowest BCUT2D eigenvalue weighted by atomic mass is 10.1. The zero-order valence-electron chi connectivity index (χ0n) is 20.3. The maximum absolute atomic E-state index is 12.5. The van der Waals surface area contributed by atoms with E-state index >= 15 is 0 Å². The van der Waals surface area contributed by atoms with Gasteiger partial charge in [0.25, 0.3) is 0 Å². The van der Waals surface area contributed by atoms with Gasteiger partial charge in [0.05, 0.1) is 59.2 Å². The minimum atomic E-state index is -0.688. The summed E-state index contributed by atoms with van der Waals surface area (Å²) in [7, 11) is 0. The molecule has 5 aromatic rings. The molecule has 3 aromatic heterocycles. The molecule has 0 radical (unpaired) electrons. The molecule has 0 aliphatic heterocycles. The number of amides is 1. The van der Waals surface area contributed by atoms with Crippen molar-refractivity contribution in [3.8, 4) is 17.6 Å². The fourth-order valence-corrected chi connectivity index (χ4v) is 3.90. The predicted molar refractivity (Wildman–Crippen MR) is 139 cm³/mol. The molecule has 11 heteroatoms. The number of hydrogen-bond donors (Lipinski definition) is 4. The van der Waals surface area contributed by atoms with Gasteiger partial charge in [-0.3, -0.25) is 5.32 Å². The fourth-order valence-electron chi connectivity index (χ4n) is 3.90. The number of aliphatic hydroxyl groups is 1. The minimum absolute atomic E-state index is 0.0816. The van der Waals surface area contributed by atoms with E-state index in [1.54, 1.807) is 10.7 Å². The van der Waals surface area contributed by atoms with Crippen LogP contribution in [0, 0.1) is 18.3 Å². The van der Waals surface area contributed by atoms with Gasteiger partial charge in [-0.1, -0.05) is 18.2 Å². The van der Waals surface area contributed by atoms with Gasteiger partial charge in [-0.15, -0.1) is 0 Å². The van der Waals surface area contributed by atoms with Crippen molar-refractivity contribution in [3.05, 3.63) is 95.8 Å². The molecule has 0 saturated heterocycles. The van der Waals surface area contributed by atoms with Gasteiger partial charge < -0.3 is 24.9 Å². The predicted octanol–water partition coefficient (Wildman–Crippen LogP) is 5.01. The summed E-state index contributed by atoms with van der Waals surface area (Å²) < 4.78 is 12.7. The maximum Gasteiger partial charge on any atom is 0.412 e. The number of fused-ring (bicyclic) bond motifs is 1. The molecule has 190 valence electrons. The molecule has 0 aliphatic carbocycles. The van der Waals surface area contributed by atoms with Crippen molar-refractivity contribution in [3.63, 3.8) is 0 Å². The summed E-state index contributed by atoms with van der Waals surface area (Å²) in [6, 6.07) is 19.0. The number of aliphatic hydroxyl groups excluding tert-OH is 1. The number of H-pyrrole nitrogens is 1. The van der Waals surface area contributed by atoms with Crippen LogP contribution in [0.3, 0.4) is 0 Å². The number of imidazole rings is 1. The number of ether oxygens (including phenoxy) is 2. The summed E-state index contributed by atoms with van der Waals surface area (Å²) in [4.78, 5) is 19.2. The summed E-state index contributed by atoms with van der Waals surface area (Å²) in [5.74, 6) is 1.41. The van der Waals surface area contributed by atoms with E-state index in [0.717, 1.165) is 11.4 Å². The summed E-state index contributed by atoms with van der Waals surface area (Å²) in [6.45, 7) is 1.47. The monoisotopic (exact) mass is 509 g/mol. The third-order valence-electron chi connectivity index (χ3n) is 5.82. The highest BCUT2D eigenvalue weighted by Crippen LogP contribution is 2.33. The number of nitrogens with zero attached hydrogens (tertiary/aromatic N) is 4. The topological polar surface area (TPSA) is 150 Å². The lowest BCUT2D eigenvalue weighted by Crippen LogP contribution is -2.14. The average molecular weight is 510 g/mol. The average Bonchev–Trinajstić information content (AvgIpc) is 3.53. The van der Waals surface area contributed by atoms with Gasteiger partial charge in [0.2, 0.25) is 0 Å². The van der Waals surface area contributed by atoms with E-state index < -0.39 is 6.09 Å². The molecule has 0 fully saturated rings. The summed E-state index contributed by atoms with van der Waals surface area (Å²) in [6.07, 6.45) is 3.83. The Labute approximate surface area is 217 Å². The van der Waals surface area contributed by atoms with Gasteiger partial charge in [0.15, 0.2) is 0 Å². The first-order chi connectivity index (χ1) is 18.6. The molecule has 0 bridgehead atoms. The van der Waals surface area contributed by atoms with Crippen molar-refractivity contribution in [2.45, 2.75) is 20.1 Å². The Hall–Kier alpha value is -5.34.